The summed E-state index contributed by atoms with van der Waals surface area (Å²) in [5.41, 5.74) is 2.83. The molecule has 0 spiro atoms. The predicted octanol–water partition coefficient (Wildman–Crippen LogP) is 4.89. The number of benzene rings is 3. The summed E-state index contributed by atoms with van der Waals surface area (Å²) in [5.74, 6) is -1.87. The topological polar surface area (TPSA) is 108 Å². The molecule has 0 bridgehead atoms. The third-order valence-corrected chi connectivity index (χ3v) is 6.04. The molecule has 0 unspecified atom stereocenters. The Morgan fingerprint density at radius 1 is 0.450 bits per heavy atom. The molecule has 0 aliphatic rings. The zero-order valence-corrected chi connectivity index (χ0v) is 22.9. The minimum absolute atomic E-state index is 0. The Morgan fingerprint density at radius 3 is 0.925 bits per heavy atom. The Morgan fingerprint density at radius 2 is 0.700 bits per heavy atom. The van der Waals surface area contributed by atoms with E-state index in [0.29, 0.717) is 16.2 Å². The number of pyridine rings is 3. The molecule has 0 amide bonds. The first kappa shape index (κ1) is 30.2. The number of aromatic nitrogens is 3. The average molecular weight is 555 g/mol. The van der Waals surface area contributed by atoms with Gasteiger partial charge in [0.2, 0.25) is 0 Å². The molecule has 0 N–H and O–H groups in total. The second kappa shape index (κ2) is 12.6. The summed E-state index contributed by atoms with van der Waals surface area (Å²) < 4.78 is 39.7. The van der Waals surface area contributed by atoms with Gasteiger partial charge in [-0.25, -0.2) is 13.2 Å². The number of rotatable bonds is 0. The Bertz CT molecular complexity index is 1600. The van der Waals surface area contributed by atoms with Gasteiger partial charge in [0.05, 0.1) is 16.6 Å². The van der Waals surface area contributed by atoms with Crippen LogP contribution in [0.1, 0.15) is 16.7 Å². The van der Waals surface area contributed by atoms with E-state index in [-0.39, 0.29) is 68.6 Å². The fraction of sp³-hybridized carbons (Fsp3) is 0.100. The average Bonchev–Trinajstić information content (AvgIpc) is 2.91. The molecule has 0 atom stereocenters. The molecule has 0 fully saturated rings. The maximum Gasteiger partial charge on any atom is 3.00 e. The van der Waals surface area contributed by atoms with Gasteiger partial charge in [-0.1, -0.05) is 35.4 Å². The maximum atomic E-state index is 13.2. The van der Waals surface area contributed by atoms with E-state index in [0.717, 1.165) is 16.7 Å². The molecule has 3 aromatic carbocycles. The molecule has 6 rings (SSSR count). The van der Waals surface area contributed by atoms with Crippen LogP contribution in [0.3, 0.4) is 0 Å². The summed E-state index contributed by atoms with van der Waals surface area (Å²) in [7, 11) is 0. The van der Waals surface area contributed by atoms with Crippen molar-refractivity contribution in [3.8, 4) is 17.2 Å². The third-order valence-electron chi connectivity index (χ3n) is 6.04. The van der Waals surface area contributed by atoms with Crippen molar-refractivity contribution in [1.29, 1.82) is 0 Å². The van der Waals surface area contributed by atoms with E-state index >= 15 is 0 Å². The van der Waals surface area contributed by atoms with Crippen molar-refractivity contribution in [2.24, 2.45) is 0 Å². The summed E-state index contributed by atoms with van der Waals surface area (Å²) in [6, 6.07) is 12.2. The number of aryl methyl sites for hydroxylation is 3. The maximum absolute atomic E-state index is 13.2. The molecule has 40 heavy (non-hydrogen) atoms. The number of fused-ring (bicyclic) bond motifs is 3. The molecule has 198 valence electrons. The van der Waals surface area contributed by atoms with Crippen molar-refractivity contribution in [2.75, 3.05) is 0 Å². The van der Waals surface area contributed by atoms with Crippen molar-refractivity contribution in [2.45, 2.75) is 20.8 Å². The number of nitrogens with zero attached hydrogens (tertiary/aromatic N) is 3. The molecule has 10 heteroatoms. The first-order valence-electron chi connectivity index (χ1n) is 11.7. The first-order chi connectivity index (χ1) is 18.6. The fourth-order valence-electron chi connectivity index (χ4n) is 4.07. The monoisotopic (exact) mass is 555 g/mol. The summed E-state index contributed by atoms with van der Waals surface area (Å²) >= 11 is 0. The van der Waals surface area contributed by atoms with Crippen LogP contribution in [0.2, 0.25) is 0 Å². The minimum atomic E-state index is -0.389. The quantitative estimate of drug-likeness (QED) is 0.247. The van der Waals surface area contributed by atoms with E-state index in [2.05, 4.69) is 15.0 Å². The molecule has 0 radical (unpaired) electrons. The molecule has 0 saturated heterocycles. The number of halogens is 3. The Balaban J connectivity index is 0.000000163. The summed E-state index contributed by atoms with van der Waals surface area (Å²) in [6.07, 6.45) is 4.54. The molecule has 6 nitrogen and oxygen atoms in total. The SMILES string of the molecule is Cc1ccnc2c([O-])ccc(F)c12.Cc1ccnc2c([O-])ccc(F)c12.Cc1ccnc2c([O-])ccc(F)c12.[Al+3]. The normalized spacial score (nSPS) is 10.3. The van der Waals surface area contributed by atoms with Crippen LogP contribution in [-0.2, 0) is 0 Å². The van der Waals surface area contributed by atoms with E-state index in [1.54, 1.807) is 39.0 Å². The molecule has 3 aromatic heterocycles. The second-order valence-corrected chi connectivity index (χ2v) is 8.69. The molecule has 3 heterocycles. The van der Waals surface area contributed by atoms with Gasteiger partial charge in [-0.05, 0) is 73.9 Å². The Hall–Kier alpha value is -4.39. The van der Waals surface area contributed by atoms with E-state index in [1.165, 1.54) is 55.0 Å². The van der Waals surface area contributed by atoms with Crippen LogP contribution in [0.4, 0.5) is 13.2 Å². The van der Waals surface area contributed by atoms with Gasteiger partial charge in [0.25, 0.3) is 0 Å². The largest absolute Gasteiger partial charge is 3.00 e. The molecule has 0 aliphatic heterocycles. The van der Waals surface area contributed by atoms with Gasteiger partial charge >= 0.3 is 17.4 Å². The van der Waals surface area contributed by atoms with Gasteiger partial charge in [0.15, 0.2) is 0 Å². The van der Waals surface area contributed by atoms with E-state index < -0.39 is 0 Å². The smallest absolute Gasteiger partial charge is 0.871 e. The van der Waals surface area contributed by atoms with Crippen LogP contribution >= 0.6 is 0 Å². The molecule has 6 aromatic rings. The van der Waals surface area contributed by atoms with Crippen molar-refractivity contribution < 1.29 is 28.5 Å². The van der Waals surface area contributed by atoms with E-state index in [4.69, 9.17) is 0 Å². The molecular weight excluding hydrogens is 534 g/mol. The number of hydrogen-bond donors (Lipinski definition) is 0. The van der Waals surface area contributed by atoms with Gasteiger partial charge < -0.3 is 15.3 Å². The number of hydrogen-bond acceptors (Lipinski definition) is 6. The van der Waals surface area contributed by atoms with Crippen molar-refractivity contribution in [1.82, 2.24) is 15.0 Å². The third kappa shape index (κ3) is 6.09. The zero-order valence-electron chi connectivity index (χ0n) is 21.7. The fourth-order valence-corrected chi connectivity index (χ4v) is 4.07. The van der Waals surface area contributed by atoms with Crippen LogP contribution in [-0.4, -0.2) is 32.3 Å². The van der Waals surface area contributed by atoms with Gasteiger partial charge in [-0.15, -0.1) is 0 Å². The first-order valence-corrected chi connectivity index (χ1v) is 11.7. The van der Waals surface area contributed by atoms with Crippen LogP contribution in [0.15, 0.2) is 73.2 Å². The summed E-state index contributed by atoms with van der Waals surface area (Å²) in [4.78, 5) is 11.5. The van der Waals surface area contributed by atoms with Crippen LogP contribution in [0.5, 0.6) is 17.2 Å². The van der Waals surface area contributed by atoms with Crippen molar-refractivity contribution in [3.63, 3.8) is 0 Å². The van der Waals surface area contributed by atoms with Gasteiger partial charge in [0, 0.05) is 34.7 Å². The van der Waals surface area contributed by atoms with Crippen molar-refractivity contribution >= 4 is 50.1 Å². The molecule has 0 saturated carbocycles. The Kier molecular flexibility index (Phi) is 9.53. The molecular formula is C30H21AlF3N3O3. The van der Waals surface area contributed by atoms with Gasteiger partial charge in [0.1, 0.15) is 17.5 Å². The predicted molar refractivity (Wildman–Crippen MR) is 143 cm³/mol. The summed E-state index contributed by atoms with van der Waals surface area (Å²) in [6.45, 7) is 5.27. The Labute approximate surface area is 238 Å². The van der Waals surface area contributed by atoms with Crippen LogP contribution in [0.25, 0.3) is 32.7 Å². The summed E-state index contributed by atoms with van der Waals surface area (Å²) in [5, 5.41) is 34.7. The minimum Gasteiger partial charge on any atom is -0.871 e. The van der Waals surface area contributed by atoms with Gasteiger partial charge in [-0.2, -0.15) is 0 Å². The van der Waals surface area contributed by atoms with Crippen LogP contribution in [0, 0.1) is 38.2 Å². The standard InChI is InChI=1S/3C10H8FNO.Al/c3*1-6-4-5-12-10-8(13)3-2-7(11)9(6)10;/h3*2-5,13H,1H3;/q;;;+3/p-3. The van der Waals surface area contributed by atoms with Crippen LogP contribution < -0.4 is 15.3 Å². The van der Waals surface area contributed by atoms with Crippen molar-refractivity contribution in [3.05, 3.63) is 107 Å². The van der Waals surface area contributed by atoms with E-state index in [9.17, 15) is 28.5 Å². The second-order valence-electron chi connectivity index (χ2n) is 8.69. The van der Waals surface area contributed by atoms with Gasteiger partial charge in [-0.3, -0.25) is 15.0 Å². The molecule has 0 aliphatic carbocycles. The van der Waals surface area contributed by atoms with E-state index in [1.807, 2.05) is 0 Å². The zero-order chi connectivity index (χ0) is 28.3.